The van der Waals surface area contributed by atoms with Gasteiger partial charge in [-0.2, -0.15) is 0 Å². The Hall–Kier alpha value is -1.71. The lowest BCUT2D eigenvalue weighted by molar-refractivity contribution is -0.145. The number of methoxy groups -OCH3 is 2. The summed E-state index contributed by atoms with van der Waals surface area (Å²) in [6, 6.07) is 7.53. The number of hydrogen-bond acceptors (Lipinski definition) is 5. The average molecular weight is 505 g/mol. The number of aliphatic imine (C=N–C) groups is 1. The van der Waals surface area contributed by atoms with E-state index in [1.54, 1.807) is 7.11 Å². The molecule has 1 aliphatic rings. The van der Waals surface area contributed by atoms with Crippen molar-refractivity contribution in [2.45, 2.75) is 26.9 Å². The van der Waals surface area contributed by atoms with Crippen molar-refractivity contribution in [1.29, 1.82) is 0 Å². The van der Waals surface area contributed by atoms with Gasteiger partial charge in [0.2, 0.25) is 0 Å². The van der Waals surface area contributed by atoms with E-state index < -0.39 is 0 Å². The molecule has 8 heteroatoms. The van der Waals surface area contributed by atoms with E-state index in [4.69, 9.17) is 19.2 Å². The molecular formula is C20H32IN3O4. The molecule has 0 spiro atoms. The van der Waals surface area contributed by atoms with Crippen molar-refractivity contribution in [3.05, 3.63) is 24.3 Å². The molecule has 158 valence electrons. The summed E-state index contributed by atoms with van der Waals surface area (Å²) < 4.78 is 16.1. The molecule has 0 saturated carbocycles. The van der Waals surface area contributed by atoms with Crippen LogP contribution in [-0.2, 0) is 9.53 Å². The molecule has 28 heavy (non-hydrogen) atoms. The van der Waals surface area contributed by atoms with Crippen LogP contribution in [0.5, 0.6) is 11.5 Å². The van der Waals surface area contributed by atoms with Crippen LogP contribution in [0, 0.1) is 11.8 Å². The number of benzene rings is 1. The monoisotopic (exact) mass is 505 g/mol. The third-order valence-electron chi connectivity index (χ3n) is 4.63. The van der Waals surface area contributed by atoms with Gasteiger partial charge in [0.1, 0.15) is 17.6 Å². The van der Waals surface area contributed by atoms with Crippen LogP contribution in [-0.4, -0.2) is 63.3 Å². The summed E-state index contributed by atoms with van der Waals surface area (Å²) in [5, 5.41) is 3.31. The Labute approximate surface area is 184 Å². The van der Waals surface area contributed by atoms with Crippen molar-refractivity contribution in [2.75, 3.05) is 40.4 Å². The maximum absolute atomic E-state index is 11.9. The van der Waals surface area contributed by atoms with Crippen molar-refractivity contribution in [3.63, 3.8) is 0 Å². The highest BCUT2D eigenvalue weighted by molar-refractivity contribution is 14.0. The predicted molar refractivity (Wildman–Crippen MR) is 121 cm³/mol. The molecule has 1 aromatic rings. The molecular weight excluding hydrogens is 473 g/mol. The van der Waals surface area contributed by atoms with Gasteiger partial charge in [0.05, 0.1) is 26.7 Å². The summed E-state index contributed by atoms with van der Waals surface area (Å²) in [6.07, 6.45) is -0.0952. The lowest BCUT2D eigenvalue weighted by atomic mass is 9.99. The Morgan fingerprint density at radius 1 is 1.32 bits per heavy atom. The van der Waals surface area contributed by atoms with E-state index in [2.05, 4.69) is 17.1 Å². The predicted octanol–water partition coefficient (Wildman–Crippen LogP) is 2.79. The first-order valence-electron chi connectivity index (χ1n) is 9.40. The van der Waals surface area contributed by atoms with Gasteiger partial charge in [0, 0.05) is 25.7 Å². The second kappa shape index (κ2) is 12.0. The van der Waals surface area contributed by atoms with Gasteiger partial charge in [-0.1, -0.05) is 13.0 Å². The molecule has 2 rings (SSSR count). The summed E-state index contributed by atoms with van der Waals surface area (Å²) in [7, 11) is 3.07. The topological polar surface area (TPSA) is 72.4 Å². The number of esters is 1. The lowest BCUT2D eigenvalue weighted by Gasteiger charge is -2.22. The molecule has 1 saturated heterocycles. The molecule has 1 aliphatic heterocycles. The van der Waals surface area contributed by atoms with Crippen LogP contribution < -0.4 is 14.8 Å². The Morgan fingerprint density at radius 2 is 2.04 bits per heavy atom. The van der Waals surface area contributed by atoms with Crippen molar-refractivity contribution in [2.24, 2.45) is 16.8 Å². The van der Waals surface area contributed by atoms with Crippen LogP contribution in [0.25, 0.3) is 0 Å². The first kappa shape index (κ1) is 24.3. The minimum Gasteiger partial charge on any atom is -0.497 e. The fraction of sp³-hybridized carbons (Fsp3) is 0.600. The van der Waals surface area contributed by atoms with E-state index in [0.717, 1.165) is 30.5 Å². The molecule has 3 unspecified atom stereocenters. The highest BCUT2D eigenvalue weighted by Gasteiger charge is 2.36. The summed E-state index contributed by atoms with van der Waals surface area (Å²) in [4.78, 5) is 18.8. The maximum Gasteiger partial charge on any atom is 0.310 e. The van der Waals surface area contributed by atoms with E-state index in [9.17, 15) is 4.79 Å². The number of ether oxygens (including phenoxy) is 3. The normalized spacial score (nSPS) is 20.2. The number of nitrogens with zero attached hydrogens (tertiary/aromatic N) is 2. The number of rotatable bonds is 7. The minimum absolute atomic E-state index is 0. The SMILES string of the molecule is CCNC(=NCC(C)Oc1cccc(OC)c1)N1CC(C)C(C(=O)OC)C1.I. The van der Waals surface area contributed by atoms with Gasteiger partial charge in [0.25, 0.3) is 0 Å². The lowest BCUT2D eigenvalue weighted by Crippen LogP contribution is -2.41. The standard InChI is InChI=1S/C20H31N3O4.HI/c1-6-21-20(23-12-14(2)18(13-23)19(24)26-5)22-11-15(3)27-17-9-7-8-16(10-17)25-4;/h7-10,14-15,18H,6,11-13H2,1-5H3,(H,21,22);1H. The molecule has 3 atom stereocenters. The quantitative estimate of drug-likeness (QED) is 0.266. The summed E-state index contributed by atoms with van der Waals surface area (Å²) in [5.41, 5.74) is 0. The first-order valence-corrected chi connectivity index (χ1v) is 9.40. The second-order valence-electron chi connectivity index (χ2n) is 6.81. The van der Waals surface area contributed by atoms with Crippen molar-refractivity contribution in [3.8, 4) is 11.5 Å². The van der Waals surface area contributed by atoms with Crippen LogP contribution in [0.1, 0.15) is 20.8 Å². The van der Waals surface area contributed by atoms with Crippen molar-refractivity contribution < 1.29 is 19.0 Å². The van der Waals surface area contributed by atoms with Crippen LogP contribution >= 0.6 is 24.0 Å². The zero-order valence-electron chi connectivity index (χ0n) is 17.3. The number of likely N-dealkylation sites (tertiary alicyclic amines) is 1. The number of halogens is 1. The van der Waals surface area contributed by atoms with Gasteiger partial charge < -0.3 is 24.4 Å². The maximum atomic E-state index is 11.9. The van der Waals surface area contributed by atoms with Gasteiger partial charge in [-0.05, 0) is 31.9 Å². The fourth-order valence-corrected chi connectivity index (χ4v) is 3.18. The Kier molecular flexibility index (Phi) is 10.4. The number of guanidine groups is 1. The number of hydrogen-bond donors (Lipinski definition) is 1. The van der Waals surface area contributed by atoms with E-state index in [0.29, 0.717) is 13.1 Å². The van der Waals surface area contributed by atoms with Crippen molar-refractivity contribution in [1.82, 2.24) is 10.2 Å². The van der Waals surface area contributed by atoms with E-state index in [1.807, 2.05) is 38.1 Å². The van der Waals surface area contributed by atoms with Crippen molar-refractivity contribution >= 4 is 35.9 Å². The summed E-state index contributed by atoms with van der Waals surface area (Å²) >= 11 is 0. The fourth-order valence-electron chi connectivity index (χ4n) is 3.18. The average Bonchev–Trinajstić information content (AvgIpc) is 3.06. The molecule has 1 heterocycles. The van der Waals surface area contributed by atoms with Gasteiger partial charge in [-0.3, -0.25) is 4.79 Å². The molecule has 1 N–H and O–H groups in total. The number of carbonyl (C=O) groups excluding carboxylic acids is 1. The molecule has 0 bridgehead atoms. The van der Waals surface area contributed by atoms with E-state index in [1.165, 1.54) is 7.11 Å². The molecule has 1 aromatic carbocycles. The molecule has 0 aliphatic carbocycles. The van der Waals surface area contributed by atoms with Crippen LogP contribution in [0.2, 0.25) is 0 Å². The smallest absolute Gasteiger partial charge is 0.310 e. The molecule has 0 aromatic heterocycles. The number of nitrogens with one attached hydrogen (secondary N) is 1. The van der Waals surface area contributed by atoms with E-state index >= 15 is 0 Å². The van der Waals surface area contributed by atoms with Gasteiger partial charge in [-0.15, -0.1) is 24.0 Å². The van der Waals surface area contributed by atoms with Crippen LogP contribution in [0.4, 0.5) is 0 Å². The molecule has 0 amide bonds. The highest BCUT2D eigenvalue weighted by Crippen LogP contribution is 2.24. The Morgan fingerprint density at radius 3 is 2.68 bits per heavy atom. The van der Waals surface area contributed by atoms with Gasteiger partial charge in [0.15, 0.2) is 5.96 Å². The third-order valence-corrected chi connectivity index (χ3v) is 4.63. The van der Waals surface area contributed by atoms with Crippen LogP contribution in [0.15, 0.2) is 29.3 Å². The second-order valence-corrected chi connectivity index (χ2v) is 6.81. The molecule has 1 fully saturated rings. The Bertz CT molecular complexity index is 656. The van der Waals surface area contributed by atoms with Crippen LogP contribution in [0.3, 0.4) is 0 Å². The van der Waals surface area contributed by atoms with E-state index in [-0.39, 0.29) is 47.9 Å². The molecule has 7 nitrogen and oxygen atoms in total. The Balaban J connectivity index is 0.00000392. The third kappa shape index (κ3) is 6.72. The highest BCUT2D eigenvalue weighted by atomic mass is 127. The molecule has 0 radical (unpaired) electrons. The van der Waals surface area contributed by atoms with Gasteiger partial charge in [-0.25, -0.2) is 4.99 Å². The largest absolute Gasteiger partial charge is 0.497 e. The minimum atomic E-state index is -0.157. The van der Waals surface area contributed by atoms with Gasteiger partial charge >= 0.3 is 5.97 Å². The number of carbonyl (C=O) groups is 1. The summed E-state index contributed by atoms with van der Waals surface area (Å²) in [6.45, 7) is 8.74. The summed E-state index contributed by atoms with van der Waals surface area (Å²) in [5.74, 6) is 2.27. The first-order chi connectivity index (χ1) is 13.0. The zero-order chi connectivity index (χ0) is 19.8. The zero-order valence-corrected chi connectivity index (χ0v) is 19.6.